The Morgan fingerprint density at radius 3 is 2.65 bits per heavy atom. The summed E-state index contributed by atoms with van der Waals surface area (Å²) in [5.41, 5.74) is 5.22. The molecule has 0 aliphatic heterocycles. The third kappa shape index (κ3) is 2.70. The number of carbonyl (C=O) groups excluding carboxylic acids is 1. The molecule has 1 aliphatic rings. The smallest absolute Gasteiger partial charge is 0.317 e. The van der Waals surface area contributed by atoms with E-state index in [1.165, 1.54) is 12.5 Å². The Balaban J connectivity index is 2.39. The summed E-state index contributed by atoms with van der Waals surface area (Å²) in [6.45, 7) is 2.10. The van der Waals surface area contributed by atoms with Crippen LogP contribution in [0.1, 0.15) is 38.2 Å². The molecule has 1 aromatic rings. The van der Waals surface area contributed by atoms with Gasteiger partial charge in [-0.1, -0.05) is 37.5 Å². The van der Waals surface area contributed by atoms with Crippen LogP contribution in [0.25, 0.3) is 0 Å². The highest BCUT2D eigenvalue weighted by molar-refractivity contribution is 5.83. The van der Waals surface area contributed by atoms with Gasteiger partial charge >= 0.3 is 5.97 Å². The monoisotopic (exact) mass is 279 g/mol. The van der Waals surface area contributed by atoms with E-state index >= 15 is 0 Å². The topological polar surface area (TPSA) is 52.3 Å². The van der Waals surface area contributed by atoms with E-state index in [0.29, 0.717) is 17.9 Å². The van der Waals surface area contributed by atoms with Crippen molar-refractivity contribution in [2.75, 3.05) is 13.2 Å². The molecule has 0 aromatic heterocycles. The first kappa shape index (κ1) is 15.0. The largest absolute Gasteiger partial charge is 0.465 e. The van der Waals surface area contributed by atoms with Crippen molar-refractivity contribution in [2.45, 2.75) is 38.0 Å². The number of hydrogen-bond acceptors (Lipinski definition) is 3. The number of esters is 1. The van der Waals surface area contributed by atoms with E-state index in [1.54, 1.807) is 25.1 Å². The quantitative estimate of drug-likeness (QED) is 0.815. The molecule has 4 heteroatoms. The molecule has 1 aromatic carbocycles. The van der Waals surface area contributed by atoms with Crippen molar-refractivity contribution in [1.82, 2.24) is 0 Å². The van der Waals surface area contributed by atoms with E-state index in [4.69, 9.17) is 10.5 Å². The van der Waals surface area contributed by atoms with Crippen molar-refractivity contribution in [3.05, 3.63) is 35.6 Å². The molecule has 1 aliphatic carbocycles. The van der Waals surface area contributed by atoms with Gasteiger partial charge in [-0.2, -0.15) is 0 Å². The molecule has 0 saturated heterocycles. The average molecular weight is 279 g/mol. The second-order valence-corrected chi connectivity index (χ2v) is 5.49. The number of benzene rings is 1. The van der Waals surface area contributed by atoms with Gasteiger partial charge in [-0.05, 0) is 25.3 Å². The van der Waals surface area contributed by atoms with Crippen LogP contribution in [0.5, 0.6) is 0 Å². The number of nitrogens with two attached hydrogens (primary N) is 1. The van der Waals surface area contributed by atoms with Crippen molar-refractivity contribution < 1.29 is 13.9 Å². The van der Waals surface area contributed by atoms with Gasteiger partial charge in [-0.25, -0.2) is 4.39 Å². The number of rotatable bonds is 6. The molecular weight excluding hydrogens is 257 g/mol. The zero-order valence-corrected chi connectivity index (χ0v) is 11.9. The molecule has 0 bridgehead atoms. The Kier molecular flexibility index (Phi) is 4.76. The Morgan fingerprint density at radius 2 is 2.15 bits per heavy atom. The molecule has 0 amide bonds. The second kappa shape index (κ2) is 6.35. The van der Waals surface area contributed by atoms with Crippen LogP contribution < -0.4 is 5.73 Å². The summed E-state index contributed by atoms with van der Waals surface area (Å²) in [6, 6.07) is 6.38. The highest BCUT2D eigenvalue weighted by Crippen LogP contribution is 2.40. The molecule has 2 N–H and O–H groups in total. The Hall–Kier alpha value is -1.42. The Bertz CT molecular complexity index is 473. The third-order valence-corrected chi connectivity index (χ3v) is 4.27. The van der Waals surface area contributed by atoms with Crippen LogP contribution in [0.3, 0.4) is 0 Å². The maximum absolute atomic E-state index is 14.2. The zero-order valence-electron chi connectivity index (χ0n) is 11.9. The minimum Gasteiger partial charge on any atom is -0.465 e. The fourth-order valence-electron chi connectivity index (χ4n) is 2.89. The van der Waals surface area contributed by atoms with Crippen LogP contribution in [0.4, 0.5) is 4.39 Å². The lowest BCUT2D eigenvalue weighted by atomic mass is 9.68. The van der Waals surface area contributed by atoms with Gasteiger partial charge in [-0.15, -0.1) is 0 Å². The minimum atomic E-state index is -1.05. The Labute approximate surface area is 119 Å². The molecule has 20 heavy (non-hydrogen) atoms. The normalized spacial score (nSPS) is 18.1. The van der Waals surface area contributed by atoms with Gasteiger partial charge in [0.1, 0.15) is 11.2 Å². The van der Waals surface area contributed by atoms with Crippen molar-refractivity contribution in [3.8, 4) is 0 Å². The van der Waals surface area contributed by atoms with E-state index in [9.17, 15) is 9.18 Å². The molecule has 1 fully saturated rings. The van der Waals surface area contributed by atoms with Crippen LogP contribution in [0.15, 0.2) is 24.3 Å². The van der Waals surface area contributed by atoms with Gasteiger partial charge in [0.2, 0.25) is 0 Å². The highest BCUT2D eigenvalue weighted by atomic mass is 19.1. The first-order valence-electron chi connectivity index (χ1n) is 7.26. The first-order valence-corrected chi connectivity index (χ1v) is 7.26. The van der Waals surface area contributed by atoms with E-state index in [2.05, 4.69) is 0 Å². The number of hydrogen-bond donors (Lipinski definition) is 1. The van der Waals surface area contributed by atoms with Crippen molar-refractivity contribution in [1.29, 1.82) is 0 Å². The lowest BCUT2D eigenvalue weighted by molar-refractivity contribution is -0.151. The number of carbonyl (C=O) groups is 1. The summed E-state index contributed by atoms with van der Waals surface area (Å²) in [5.74, 6) is -0.354. The van der Waals surface area contributed by atoms with Crippen LogP contribution in [-0.2, 0) is 14.9 Å². The van der Waals surface area contributed by atoms with Crippen LogP contribution >= 0.6 is 0 Å². The van der Waals surface area contributed by atoms with Crippen LogP contribution in [-0.4, -0.2) is 19.1 Å². The fourth-order valence-corrected chi connectivity index (χ4v) is 2.89. The van der Waals surface area contributed by atoms with Gasteiger partial charge in [0.05, 0.1) is 6.61 Å². The Morgan fingerprint density at radius 1 is 1.45 bits per heavy atom. The highest BCUT2D eigenvalue weighted by Gasteiger charge is 2.44. The molecule has 1 atom stereocenters. The van der Waals surface area contributed by atoms with Crippen LogP contribution in [0, 0.1) is 11.7 Å². The third-order valence-electron chi connectivity index (χ3n) is 4.27. The maximum atomic E-state index is 14.2. The SMILES string of the molecule is CCOC(=O)C(CN)(CC1CCC1)c1ccccc1F. The van der Waals surface area contributed by atoms with Crippen molar-refractivity contribution in [2.24, 2.45) is 11.7 Å². The molecule has 0 radical (unpaired) electrons. The zero-order chi connectivity index (χ0) is 14.6. The number of ether oxygens (including phenoxy) is 1. The summed E-state index contributed by atoms with van der Waals surface area (Å²) < 4.78 is 19.4. The molecule has 0 spiro atoms. The van der Waals surface area contributed by atoms with Crippen LogP contribution in [0.2, 0.25) is 0 Å². The molecule has 1 saturated carbocycles. The molecule has 110 valence electrons. The summed E-state index contributed by atoms with van der Waals surface area (Å²) >= 11 is 0. The summed E-state index contributed by atoms with van der Waals surface area (Å²) in [5, 5.41) is 0. The first-order chi connectivity index (χ1) is 9.64. The summed E-state index contributed by atoms with van der Waals surface area (Å²) in [4.78, 5) is 12.5. The number of halogens is 1. The fraction of sp³-hybridized carbons (Fsp3) is 0.562. The summed E-state index contributed by atoms with van der Waals surface area (Å²) in [6.07, 6.45) is 3.90. The van der Waals surface area contributed by atoms with E-state index in [0.717, 1.165) is 12.8 Å². The standard InChI is InChI=1S/C16H22FNO2/c1-2-20-15(19)16(11-18,10-12-6-5-7-12)13-8-3-4-9-14(13)17/h3-4,8-9,12H,2,5-7,10-11,18H2,1H3. The average Bonchev–Trinajstić information content (AvgIpc) is 2.40. The lowest BCUT2D eigenvalue weighted by Gasteiger charge is -2.37. The molecule has 3 nitrogen and oxygen atoms in total. The minimum absolute atomic E-state index is 0.0727. The van der Waals surface area contributed by atoms with Gasteiger partial charge in [0, 0.05) is 12.1 Å². The molecular formula is C16H22FNO2. The maximum Gasteiger partial charge on any atom is 0.317 e. The molecule has 1 unspecified atom stereocenters. The van der Waals surface area contributed by atoms with Gasteiger partial charge in [-0.3, -0.25) is 4.79 Å². The van der Waals surface area contributed by atoms with Crippen molar-refractivity contribution in [3.63, 3.8) is 0 Å². The van der Waals surface area contributed by atoms with E-state index in [1.807, 2.05) is 0 Å². The predicted molar refractivity (Wildman–Crippen MR) is 75.7 cm³/mol. The van der Waals surface area contributed by atoms with Gasteiger partial charge < -0.3 is 10.5 Å². The van der Waals surface area contributed by atoms with Gasteiger partial charge in [0.15, 0.2) is 0 Å². The van der Waals surface area contributed by atoms with E-state index in [-0.39, 0.29) is 19.0 Å². The van der Waals surface area contributed by atoms with Crippen molar-refractivity contribution >= 4 is 5.97 Å². The molecule has 2 rings (SSSR count). The summed E-state index contributed by atoms with van der Waals surface area (Å²) in [7, 11) is 0. The predicted octanol–water partition coefficient (Wildman–Crippen LogP) is 2.78. The van der Waals surface area contributed by atoms with Gasteiger partial charge in [0.25, 0.3) is 0 Å². The van der Waals surface area contributed by atoms with E-state index < -0.39 is 11.4 Å². The molecule has 0 heterocycles. The second-order valence-electron chi connectivity index (χ2n) is 5.49. The lowest BCUT2D eigenvalue weighted by Crippen LogP contribution is -2.47.